The molecule has 8 nitrogen and oxygen atoms in total. The molecule has 122 valence electrons. The molecule has 0 spiro atoms. The molecular formula is C14H18N6O2S. The van der Waals surface area contributed by atoms with E-state index in [-0.39, 0.29) is 23.1 Å². The number of benzene rings is 1. The third-order valence-electron chi connectivity index (χ3n) is 2.97. The van der Waals surface area contributed by atoms with E-state index in [1.807, 2.05) is 19.9 Å². The van der Waals surface area contributed by atoms with Gasteiger partial charge < -0.3 is 4.74 Å². The molecule has 9 heteroatoms. The molecule has 0 saturated heterocycles. The molecule has 0 radical (unpaired) electrons. The minimum absolute atomic E-state index is 0.0822. The predicted octanol–water partition coefficient (Wildman–Crippen LogP) is 1.51. The highest BCUT2D eigenvalue weighted by Crippen LogP contribution is 2.15. The van der Waals surface area contributed by atoms with Crippen LogP contribution in [0.15, 0.2) is 24.3 Å². The van der Waals surface area contributed by atoms with Gasteiger partial charge in [0, 0.05) is 5.56 Å². The highest BCUT2D eigenvalue weighted by Gasteiger charge is 2.11. The summed E-state index contributed by atoms with van der Waals surface area (Å²) in [4.78, 5) is 13.5. The van der Waals surface area contributed by atoms with Gasteiger partial charge in [-0.1, -0.05) is 18.1 Å². The molecule has 0 saturated carbocycles. The molecule has 1 heterocycles. The third kappa shape index (κ3) is 4.99. The Morgan fingerprint density at radius 3 is 2.91 bits per heavy atom. The second-order valence-corrected chi connectivity index (χ2v) is 5.28. The molecule has 0 bridgehead atoms. The first-order valence-corrected chi connectivity index (χ1v) is 7.51. The second-order valence-electron chi connectivity index (χ2n) is 4.88. The smallest absolute Gasteiger partial charge is 0.269 e. The van der Waals surface area contributed by atoms with Crippen LogP contribution < -0.4 is 15.4 Å². The monoisotopic (exact) mass is 334 g/mol. The van der Waals surface area contributed by atoms with Crippen LogP contribution in [0.25, 0.3) is 0 Å². The number of tetrazole rings is 1. The van der Waals surface area contributed by atoms with Gasteiger partial charge >= 0.3 is 0 Å². The summed E-state index contributed by atoms with van der Waals surface area (Å²) in [6.45, 7) is 4.01. The van der Waals surface area contributed by atoms with E-state index in [1.165, 1.54) is 4.80 Å². The number of aromatic nitrogens is 4. The van der Waals surface area contributed by atoms with Crippen LogP contribution in [-0.4, -0.2) is 37.3 Å². The number of amides is 1. The predicted molar refractivity (Wildman–Crippen MR) is 89.3 cm³/mol. The zero-order valence-corrected chi connectivity index (χ0v) is 13.9. The SMILES string of the molecule is CC[C@H](C)Oc1cccc(C(=O)NC(=S)Nc2nnn(C)n2)c1. The van der Waals surface area contributed by atoms with Crippen molar-refractivity contribution in [2.45, 2.75) is 26.4 Å². The van der Waals surface area contributed by atoms with E-state index in [0.717, 1.165) is 6.42 Å². The number of carbonyl (C=O) groups excluding carboxylic acids is 1. The van der Waals surface area contributed by atoms with E-state index in [4.69, 9.17) is 17.0 Å². The van der Waals surface area contributed by atoms with Crippen LogP contribution in [-0.2, 0) is 7.05 Å². The Morgan fingerprint density at radius 1 is 1.48 bits per heavy atom. The van der Waals surface area contributed by atoms with Crippen molar-refractivity contribution in [3.63, 3.8) is 0 Å². The van der Waals surface area contributed by atoms with Crippen LogP contribution in [0, 0.1) is 0 Å². The van der Waals surface area contributed by atoms with Crippen LogP contribution in [0.5, 0.6) is 5.75 Å². The maximum atomic E-state index is 12.2. The fourth-order valence-electron chi connectivity index (χ4n) is 1.67. The lowest BCUT2D eigenvalue weighted by atomic mass is 10.2. The first-order chi connectivity index (χ1) is 11.0. The molecule has 2 N–H and O–H groups in total. The first-order valence-electron chi connectivity index (χ1n) is 7.11. The van der Waals surface area contributed by atoms with E-state index in [2.05, 4.69) is 26.0 Å². The molecule has 23 heavy (non-hydrogen) atoms. The van der Waals surface area contributed by atoms with Gasteiger partial charge in [0.1, 0.15) is 5.75 Å². The van der Waals surface area contributed by atoms with Crippen LogP contribution in [0.4, 0.5) is 5.95 Å². The summed E-state index contributed by atoms with van der Waals surface area (Å²) < 4.78 is 5.70. The average Bonchev–Trinajstić information content (AvgIpc) is 2.92. The van der Waals surface area contributed by atoms with E-state index in [9.17, 15) is 4.79 Å². The summed E-state index contributed by atoms with van der Waals surface area (Å²) in [6.07, 6.45) is 0.967. The lowest BCUT2D eigenvalue weighted by Crippen LogP contribution is -2.34. The van der Waals surface area contributed by atoms with Crippen LogP contribution in [0.1, 0.15) is 30.6 Å². The lowest BCUT2D eigenvalue weighted by Gasteiger charge is -2.13. The Kier molecular flexibility index (Phi) is 5.58. The van der Waals surface area contributed by atoms with Crippen molar-refractivity contribution in [1.29, 1.82) is 0 Å². The Labute approximate surface area is 139 Å². The number of carbonyl (C=O) groups is 1. The highest BCUT2D eigenvalue weighted by atomic mass is 32.1. The van der Waals surface area contributed by atoms with Gasteiger partial charge in [0.2, 0.25) is 0 Å². The topological polar surface area (TPSA) is 94.0 Å². The largest absolute Gasteiger partial charge is 0.491 e. The van der Waals surface area contributed by atoms with Crippen molar-refractivity contribution in [1.82, 2.24) is 25.5 Å². The molecule has 0 unspecified atom stereocenters. The first kappa shape index (κ1) is 16.8. The zero-order chi connectivity index (χ0) is 16.8. The number of hydrogen-bond donors (Lipinski definition) is 2. The summed E-state index contributed by atoms with van der Waals surface area (Å²) in [5.74, 6) is 0.508. The summed E-state index contributed by atoms with van der Waals surface area (Å²) >= 11 is 5.05. The summed E-state index contributed by atoms with van der Waals surface area (Å²) in [7, 11) is 1.63. The van der Waals surface area contributed by atoms with E-state index in [1.54, 1.807) is 25.2 Å². The van der Waals surface area contributed by atoms with Crippen LogP contribution >= 0.6 is 12.2 Å². The van der Waals surface area contributed by atoms with Crippen molar-refractivity contribution >= 4 is 29.2 Å². The number of hydrogen-bond acceptors (Lipinski definition) is 6. The molecule has 1 amide bonds. The zero-order valence-electron chi connectivity index (χ0n) is 13.1. The van der Waals surface area contributed by atoms with E-state index in [0.29, 0.717) is 11.3 Å². The average molecular weight is 334 g/mol. The fourth-order valence-corrected chi connectivity index (χ4v) is 1.85. The van der Waals surface area contributed by atoms with Gasteiger partial charge in [-0.3, -0.25) is 15.4 Å². The number of anilines is 1. The van der Waals surface area contributed by atoms with Gasteiger partial charge in [-0.25, -0.2) is 0 Å². The van der Waals surface area contributed by atoms with Gasteiger partial charge in [-0.2, -0.15) is 4.80 Å². The summed E-state index contributed by atoms with van der Waals surface area (Å²) in [6, 6.07) is 6.92. The molecule has 1 aromatic heterocycles. The molecule has 0 aliphatic rings. The highest BCUT2D eigenvalue weighted by molar-refractivity contribution is 7.80. The van der Waals surface area contributed by atoms with Crippen molar-refractivity contribution < 1.29 is 9.53 Å². The Balaban J connectivity index is 1.97. The lowest BCUT2D eigenvalue weighted by molar-refractivity contribution is 0.0977. The molecule has 2 aromatic rings. The van der Waals surface area contributed by atoms with Gasteiger partial charge in [0.25, 0.3) is 11.9 Å². The maximum absolute atomic E-state index is 12.2. The van der Waals surface area contributed by atoms with E-state index < -0.39 is 0 Å². The summed E-state index contributed by atoms with van der Waals surface area (Å²) in [5, 5.41) is 16.6. The van der Waals surface area contributed by atoms with Gasteiger partial charge in [0.05, 0.1) is 13.2 Å². The number of ether oxygens (including phenoxy) is 1. The summed E-state index contributed by atoms with van der Waals surface area (Å²) in [5.41, 5.74) is 0.446. The Hall–Kier alpha value is -2.55. The molecule has 1 aromatic carbocycles. The second kappa shape index (κ2) is 7.63. The number of nitrogens with zero attached hydrogens (tertiary/aromatic N) is 4. The van der Waals surface area contributed by atoms with Gasteiger partial charge in [-0.05, 0) is 49.0 Å². The molecule has 0 aliphatic heterocycles. The van der Waals surface area contributed by atoms with Crippen LogP contribution in [0.3, 0.4) is 0 Å². The molecular weight excluding hydrogens is 316 g/mol. The molecule has 0 fully saturated rings. The fraction of sp³-hybridized carbons (Fsp3) is 0.357. The van der Waals surface area contributed by atoms with Crippen LogP contribution in [0.2, 0.25) is 0 Å². The van der Waals surface area contributed by atoms with Crippen molar-refractivity contribution in [2.24, 2.45) is 7.05 Å². The Morgan fingerprint density at radius 2 is 2.26 bits per heavy atom. The standard InChI is InChI=1S/C14H18N6O2S/c1-4-9(2)22-11-7-5-6-10(8-11)12(21)15-14(23)16-13-17-19-20(3)18-13/h5-9H,4H2,1-3H3,(H2,15,16,18,21,23)/t9-/m0/s1. The normalized spacial score (nSPS) is 11.6. The van der Waals surface area contributed by atoms with Gasteiger partial charge in [0.15, 0.2) is 5.11 Å². The number of rotatable bonds is 5. The van der Waals surface area contributed by atoms with Crippen molar-refractivity contribution in [3.05, 3.63) is 29.8 Å². The molecule has 0 aliphatic carbocycles. The minimum atomic E-state index is -0.346. The third-order valence-corrected chi connectivity index (χ3v) is 3.17. The molecule has 1 atom stereocenters. The van der Waals surface area contributed by atoms with Gasteiger partial charge in [-0.15, -0.1) is 5.10 Å². The quantitative estimate of drug-likeness (QED) is 0.801. The van der Waals surface area contributed by atoms with Crippen molar-refractivity contribution in [2.75, 3.05) is 5.32 Å². The molecule has 2 rings (SSSR count). The number of aryl methyl sites for hydroxylation is 1. The maximum Gasteiger partial charge on any atom is 0.269 e. The Bertz CT molecular complexity index is 702. The number of thiocarbonyl (C=S) groups is 1. The number of nitrogens with one attached hydrogen (secondary N) is 2. The van der Waals surface area contributed by atoms with E-state index >= 15 is 0 Å². The van der Waals surface area contributed by atoms with Crippen molar-refractivity contribution in [3.8, 4) is 5.75 Å². The minimum Gasteiger partial charge on any atom is -0.491 e.